The minimum Gasteiger partial charge on any atom is -0.396 e. The molecule has 0 aromatic heterocycles. The number of aliphatic hydroxyl groups is 1. The predicted octanol–water partition coefficient (Wildman–Crippen LogP) is 2.58. The van der Waals surface area contributed by atoms with Crippen LogP contribution >= 0.6 is 0 Å². The number of nitrogens with one attached hydrogen (secondary N) is 1. The van der Waals surface area contributed by atoms with Gasteiger partial charge in [-0.3, -0.25) is 0 Å². The minimum atomic E-state index is -0.0658. The van der Waals surface area contributed by atoms with Crippen LogP contribution in [-0.2, 0) is 4.74 Å². The Bertz CT molecular complexity index is 177. The zero-order valence-electron chi connectivity index (χ0n) is 12.3. The second kappa shape index (κ2) is 8.90. The van der Waals surface area contributed by atoms with Gasteiger partial charge in [0.2, 0.25) is 0 Å². The molecule has 2 unspecified atom stereocenters. The van der Waals surface area contributed by atoms with Gasteiger partial charge in [0.1, 0.15) is 0 Å². The molecule has 0 aromatic carbocycles. The highest BCUT2D eigenvalue weighted by Crippen LogP contribution is 2.16. The highest BCUT2D eigenvalue weighted by Gasteiger charge is 2.20. The average molecular weight is 245 g/mol. The summed E-state index contributed by atoms with van der Waals surface area (Å²) in [5, 5.41) is 12.6. The van der Waals surface area contributed by atoms with Crippen molar-refractivity contribution in [2.75, 3.05) is 20.3 Å². The number of methoxy groups -OCH3 is 1. The molecule has 0 aliphatic rings. The van der Waals surface area contributed by atoms with E-state index >= 15 is 0 Å². The standard InChI is InChI=1S/C14H31NO2/c1-6-7-13(8-9-16)11-15-12(2)10-14(3,4)17-5/h12-13,15-16H,6-11H2,1-5H3. The highest BCUT2D eigenvalue weighted by molar-refractivity contribution is 4.76. The quantitative estimate of drug-likeness (QED) is 0.621. The van der Waals surface area contributed by atoms with E-state index < -0.39 is 0 Å². The molecule has 0 aliphatic carbocycles. The molecule has 0 radical (unpaired) electrons. The maximum absolute atomic E-state index is 9.01. The number of rotatable bonds is 10. The van der Waals surface area contributed by atoms with Gasteiger partial charge in [-0.05, 0) is 52.5 Å². The van der Waals surface area contributed by atoms with E-state index in [1.807, 2.05) is 0 Å². The summed E-state index contributed by atoms with van der Waals surface area (Å²) in [6.07, 6.45) is 4.28. The zero-order chi connectivity index (χ0) is 13.3. The van der Waals surface area contributed by atoms with Crippen molar-refractivity contribution in [1.29, 1.82) is 0 Å². The fourth-order valence-electron chi connectivity index (χ4n) is 2.20. The Morgan fingerprint density at radius 2 is 1.94 bits per heavy atom. The van der Waals surface area contributed by atoms with E-state index in [1.54, 1.807) is 7.11 Å². The van der Waals surface area contributed by atoms with Crippen molar-refractivity contribution in [1.82, 2.24) is 5.32 Å². The lowest BCUT2D eigenvalue weighted by Crippen LogP contribution is -2.38. The van der Waals surface area contributed by atoms with Crippen LogP contribution < -0.4 is 5.32 Å². The van der Waals surface area contributed by atoms with E-state index in [2.05, 4.69) is 33.0 Å². The molecule has 0 saturated heterocycles. The molecule has 0 fully saturated rings. The van der Waals surface area contributed by atoms with Crippen molar-refractivity contribution in [3.8, 4) is 0 Å². The van der Waals surface area contributed by atoms with Crippen molar-refractivity contribution in [3.63, 3.8) is 0 Å². The Kier molecular flexibility index (Phi) is 8.83. The summed E-state index contributed by atoms with van der Waals surface area (Å²) < 4.78 is 5.43. The van der Waals surface area contributed by atoms with Crippen molar-refractivity contribution >= 4 is 0 Å². The van der Waals surface area contributed by atoms with Crippen LogP contribution in [0.3, 0.4) is 0 Å². The monoisotopic (exact) mass is 245 g/mol. The van der Waals surface area contributed by atoms with E-state index in [0.29, 0.717) is 18.6 Å². The highest BCUT2D eigenvalue weighted by atomic mass is 16.5. The van der Waals surface area contributed by atoms with Crippen LogP contribution in [0.2, 0.25) is 0 Å². The zero-order valence-corrected chi connectivity index (χ0v) is 12.3. The summed E-state index contributed by atoms with van der Waals surface area (Å²) in [6, 6.07) is 0.447. The largest absolute Gasteiger partial charge is 0.396 e. The second-order valence-electron chi connectivity index (χ2n) is 5.64. The number of aliphatic hydroxyl groups excluding tert-OH is 1. The van der Waals surface area contributed by atoms with Gasteiger partial charge in [-0.25, -0.2) is 0 Å². The first-order valence-electron chi connectivity index (χ1n) is 6.84. The van der Waals surface area contributed by atoms with Gasteiger partial charge < -0.3 is 15.2 Å². The van der Waals surface area contributed by atoms with Crippen molar-refractivity contribution < 1.29 is 9.84 Å². The number of ether oxygens (including phenoxy) is 1. The minimum absolute atomic E-state index is 0.0658. The van der Waals surface area contributed by atoms with E-state index in [0.717, 1.165) is 19.4 Å². The molecule has 3 nitrogen and oxygen atoms in total. The molecule has 2 N–H and O–H groups in total. The molecule has 3 heteroatoms. The van der Waals surface area contributed by atoms with Gasteiger partial charge in [-0.15, -0.1) is 0 Å². The Morgan fingerprint density at radius 1 is 1.29 bits per heavy atom. The Morgan fingerprint density at radius 3 is 2.41 bits per heavy atom. The first-order chi connectivity index (χ1) is 7.95. The fourth-order valence-corrected chi connectivity index (χ4v) is 2.20. The van der Waals surface area contributed by atoms with Crippen LogP contribution in [0, 0.1) is 5.92 Å². The van der Waals surface area contributed by atoms with Crippen LogP contribution in [0.15, 0.2) is 0 Å². The molecule has 2 atom stereocenters. The van der Waals surface area contributed by atoms with E-state index in [-0.39, 0.29) is 5.60 Å². The van der Waals surface area contributed by atoms with Crippen molar-refractivity contribution in [3.05, 3.63) is 0 Å². The summed E-state index contributed by atoms with van der Waals surface area (Å²) in [5.41, 5.74) is -0.0658. The average Bonchev–Trinajstić information content (AvgIpc) is 2.26. The van der Waals surface area contributed by atoms with Crippen LogP contribution in [0.1, 0.15) is 53.4 Å². The van der Waals surface area contributed by atoms with Crippen LogP contribution in [0.4, 0.5) is 0 Å². The lowest BCUT2D eigenvalue weighted by Gasteiger charge is -2.28. The van der Waals surface area contributed by atoms with Crippen molar-refractivity contribution in [2.24, 2.45) is 5.92 Å². The normalized spacial score (nSPS) is 15.9. The molecule has 0 saturated carbocycles. The smallest absolute Gasteiger partial charge is 0.0637 e. The third-order valence-corrected chi connectivity index (χ3v) is 3.34. The third-order valence-electron chi connectivity index (χ3n) is 3.34. The lowest BCUT2D eigenvalue weighted by molar-refractivity contribution is 0.00819. The lowest BCUT2D eigenvalue weighted by atomic mass is 9.97. The molecule has 0 heterocycles. The molecular formula is C14H31NO2. The maximum atomic E-state index is 9.01. The second-order valence-corrected chi connectivity index (χ2v) is 5.64. The van der Waals surface area contributed by atoms with E-state index in [1.165, 1.54) is 12.8 Å². The van der Waals surface area contributed by atoms with Gasteiger partial charge in [-0.2, -0.15) is 0 Å². The predicted molar refractivity (Wildman–Crippen MR) is 73.3 cm³/mol. The van der Waals surface area contributed by atoms with Gasteiger partial charge in [0.25, 0.3) is 0 Å². The van der Waals surface area contributed by atoms with Gasteiger partial charge in [0.15, 0.2) is 0 Å². The Labute approximate surface area is 107 Å². The third kappa shape index (κ3) is 8.58. The van der Waals surface area contributed by atoms with Gasteiger partial charge >= 0.3 is 0 Å². The molecular weight excluding hydrogens is 214 g/mol. The molecule has 104 valence electrons. The summed E-state index contributed by atoms with van der Waals surface area (Å²) in [5.74, 6) is 0.595. The topological polar surface area (TPSA) is 41.5 Å². The molecule has 0 spiro atoms. The molecule has 0 aliphatic heterocycles. The van der Waals surface area contributed by atoms with Crippen LogP contribution in [0.25, 0.3) is 0 Å². The Hall–Kier alpha value is -0.120. The summed E-state index contributed by atoms with van der Waals surface area (Å²) in [7, 11) is 1.76. The molecule has 0 amide bonds. The van der Waals surface area contributed by atoms with Crippen LogP contribution in [0.5, 0.6) is 0 Å². The van der Waals surface area contributed by atoms with E-state index in [4.69, 9.17) is 9.84 Å². The van der Waals surface area contributed by atoms with Gasteiger partial charge in [-0.1, -0.05) is 13.3 Å². The summed E-state index contributed by atoms with van der Waals surface area (Å²) in [4.78, 5) is 0. The van der Waals surface area contributed by atoms with Crippen molar-refractivity contribution in [2.45, 2.75) is 65.0 Å². The van der Waals surface area contributed by atoms with Gasteiger partial charge in [0, 0.05) is 19.8 Å². The first-order valence-corrected chi connectivity index (χ1v) is 6.84. The first kappa shape index (κ1) is 16.9. The maximum Gasteiger partial charge on any atom is 0.0637 e. The summed E-state index contributed by atoms with van der Waals surface area (Å²) in [6.45, 7) is 9.91. The molecule has 0 aromatic rings. The van der Waals surface area contributed by atoms with E-state index in [9.17, 15) is 0 Å². The van der Waals surface area contributed by atoms with Gasteiger partial charge in [0.05, 0.1) is 5.60 Å². The Balaban J connectivity index is 3.90. The SMILES string of the molecule is CCCC(CCO)CNC(C)CC(C)(C)OC. The molecule has 0 rings (SSSR count). The molecule has 17 heavy (non-hydrogen) atoms. The van der Waals surface area contributed by atoms with Crippen LogP contribution in [-0.4, -0.2) is 37.0 Å². The molecule has 0 bridgehead atoms. The number of hydrogen-bond donors (Lipinski definition) is 2. The fraction of sp³-hybridized carbons (Fsp3) is 1.00. The summed E-state index contributed by atoms with van der Waals surface area (Å²) >= 11 is 0. The number of hydrogen-bond acceptors (Lipinski definition) is 3.